The lowest BCUT2D eigenvalue weighted by atomic mass is 9.81. The second kappa shape index (κ2) is 12.5. The summed E-state index contributed by atoms with van der Waals surface area (Å²) in [4.78, 5) is 35.9. The van der Waals surface area contributed by atoms with Gasteiger partial charge in [-0.1, -0.05) is 60.7 Å². The number of carbonyl (C=O) groups excluding carboxylic acids is 2. The molecule has 30 heavy (non-hydrogen) atoms. The molecule has 0 aliphatic rings. The van der Waals surface area contributed by atoms with Crippen molar-refractivity contribution < 1.29 is 24.2 Å². The summed E-state index contributed by atoms with van der Waals surface area (Å²) in [6, 6.07) is 18.5. The van der Waals surface area contributed by atoms with Crippen molar-refractivity contribution in [1.29, 1.82) is 0 Å². The molecule has 0 radical (unpaired) electrons. The summed E-state index contributed by atoms with van der Waals surface area (Å²) in [5.74, 6) is -2.48. The Morgan fingerprint density at radius 3 is 2.07 bits per heavy atom. The van der Waals surface area contributed by atoms with E-state index in [0.717, 1.165) is 17.4 Å². The van der Waals surface area contributed by atoms with Crippen molar-refractivity contribution in [3.05, 3.63) is 71.8 Å². The average Bonchev–Trinajstić information content (AvgIpc) is 2.75. The van der Waals surface area contributed by atoms with Crippen molar-refractivity contribution in [3.8, 4) is 0 Å². The summed E-state index contributed by atoms with van der Waals surface area (Å²) >= 11 is 0. The molecule has 0 aliphatic carbocycles. The van der Waals surface area contributed by atoms with Crippen LogP contribution in [0.25, 0.3) is 0 Å². The smallest absolute Gasteiger partial charge is 0.310 e. The highest BCUT2D eigenvalue weighted by Gasteiger charge is 2.35. The number of hydrogen-bond donors (Lipinski definition) is 2. The van der Waals surface area contributed by atoms with E-state index in [4.69, 9.17) is 9.84 Å². The van der Waals surface area contributed by atoms with Gasteiger partial charge in [0.1, 0.15) is 6.29 Å². The van der Waals surface area contributed by atoms with Crippen LogP contribution in [0.2, 0.25) is 0 Å². The summed E-state index contributed by atoms with van der Waals surface area (Å²) in [6.45, 7) is 2.13. The predicted molar refractivity (Wildman–Crippen MR) is 114 cm³/mol. The number of aldehydes is 1. The number of esters is 1. The molecule has 1 unspecified atom stereocenters. The molecular weight excluding hydrogens is 382 g/mol. The number of benzene rings is 2. The highest BCUT2D eigenvalue weighted by molar-refractivity contribution is 5.75. The van der Waals surface area contributed by atoms with Crippen LogP contribution in [0.5, 0.6) is 0 Å². The Morgan fingerprint density at radius 2 is 1.57 bits per heavy atom. The molecule has 6 heteroatoms. The number of aliphatic carboxylic acids is 1. The first-order chi connectivity index (χ1) is 14.5. The van der Waals surface area contributed by atoms with Gasteiger partial charge in [0.25, 0.3) is 0 Å². The van der Waals surface area contributed by atoms with Crippen molar-refractivity contribution in [2.45, 2.75) is 32.2 Å². The maximum absolute atomic E-state index is 12.9. The van der Waals surface area contributed by atoms with E-state index in [-0.39, 0.29) is 19.6 Å². The Morgan fingerprint density at radius 1 is 1.00 bits per heavy atom. The van der Waals surface area contributed by atoms with Crippen LogP contribution in [0.1, 0.15) is 24.5 Å². The van der Waals surface area contributed by atoms with Crippen LogP contribution in [-0.2, 0) is 32.0 Å². The topological polar surface area (TPSA) is 92.7 Å². The predicted octanol–water partition coefficient (Wildman–Crippen LogP) is 2.90. The minimum absolute atomic E-state index is 0.103. The molecule has 0 saturated heterocycles. The number of ether oxygens (including phenoxy) is 1. The van der Waals surface area contributed by atoms with Gasteiger partial charge in [-0.2, -0.15) is 0 Å². The third kappa shape index (κ3) is 7.44. The number of carbonyl (C=O) groups is 3. The first-order valence-electron chi connectivity index (χ1n) is 10.2. The molecule has 6 nitrogen and oxygen atoms in total. The first-order valence-corrected chi connectivity index (χ1v) is 10.2. The molecule has 3 atom stereocenters. The Hall–Kier alpha value is -2.99. The summed E-state index contributed by atoms with van der Waals surface area (Å²) in [5, 5.41) is 12.2. The van der Waals surface area contributed by atoms with Crippen molar-refractivity contribution >= 4 is 18.2 Å². The molecule has 0 spiro atoms. The maximum atomic E-state index is 12.9. The van der Waals surface area contributed by atoms with Gasteiger partial charge in [-0.05, 0) is 30.9 Å². The largest absolute Gasteiger partial charge is 0.481 e. The van der Waals surface area contributed by atoms with E-state index < -0.39 is 29.8 Å². The molecule has 0 amide bonds. The van der Waals surface area contributed by atoms with Gasteiger partial charge in [-0.3, -0.25) is 9.59 Å². The molecule has 0 aliphatic heterocycles. The fourth-order valence-electron chi connectivity index (χ4n) is 3.56. The second-order valence-electron chi connectivity index (χ2n) is 7.16. The Bertz CT molecular complexity index is 794. The summed E-state index contributed by atoms with van der Waals surface area (Å²) in [5.41, 5.74) is 1.92. The third-order valence-corrected chi connectivity index (χ3v) is 4.99. The maximum Gasteiger partial charge on any atom is 0.310 e. The summed E-state index contributed by atoms with van der Waals surface area (Å²) in [6.07, 6.45) is 1.58. The van der Waals surface area contributed by atoms with E-state index in [1.807, 2.05) is 60.7 Å². The van der Waals surface area contributed by atoms with Gasteiger partial charge in [0.05, 0.1) is 18.9 Å². The monoisotopic (exact) mass is 411 g/mol. The van der Waals surface area contributed by atoms with Crippen LogP contribution in [0.15, 0.2) is 60.7 Å². The van der Waals surface area contributed by atoms with Gasteiger partial charge in [0.2, 0.25) is 0 Å². The Labute approximate surface area is 177 Å². The van der Waals surface area contributed by atoms with Gasteiger partial charge in [-0.15, -0.1) is 0 Å². The number of rotatable bonds is 13. The highest BCUT2D eigenvalue weighted by atomic mass is 16.5. The van der Waals surface area contributed by atoms with Gasteiger partial charge >= 0.3 is 11.9 Å². The molecule has 0 bridgehead atoms. The Kier molecular flexibility index (Phi) is 9.74. The fourth-order valence-corrected chi connectivity index (χ4v) is 3.56. The second-order valence-corrected chi connectivity index (χ2v) is 7.16. The zero-order valence-electron chi connectivity index (χ0n) is 17.2. The van der Waals surface area contributed by atoms with Crippen LogP contribution in [0.4, 0.5) is 0 Å². The molecule has 0 saturated carbocycles. The van der Waals surface area contributed by atoms with Gasteiger partial charge < -0.3 is 20.0 Å². The van der Waals surface area contributed by atoms with E-state index in [1.54, 1.807) is 6.92 Å². The minimum Gasteiger partial charge on any atom is -0.481 e. The van der Waals surface area contributed by atoms with E-state index in [1.165, 1.54) is 0 Å². The number of nitrogens with one attached hydrogen (secondary N) is 1. The van der Waals surface area contributed by atoms with E-state index in [9.17, 15) is 14.4 Å². The van der Waals surface area contributed by atoms with E-state index in [0.29, 0.717) is 12.8 Å². The van der Waals surface area contributed by atoms with Crippen molar-refractivity contribution in [1.82, 2.24) is 5.32 Å². The van der Waals surface area contributed by atoms with Crippen molar-refractivity contribution in [3.63, 3.8) is 0 Å². The zero-order valence-corrected chi connectivity index (χ0v) is 17.2. The number of carboxylic acids is 1. The van der Waals surface area contributed by atoms with Gasteiger partial charge in [-0.25, -0.2) is 0 Å². The Balaban J connectivity index is 2.32. The molecule has 0 fully saturated rings. The van der Waals surface area contributed by atoms with Gasteiger partial charge in [0.15, 0.2) is 0 Å². The summed E-state index contributed by atoms with van der Waals surface area (Å²) < 4.78 is 5.32. The lowest BCUT2D eigenvalue weighted by molar-refractivity contribution is -0.149. The lowest BCUT2D eigenvalue weighted by Gasteiger charge is -2.31. The zero-order chi connectivity index (χ0) is 21.8. The van der Waals surface area contributed by atoms with E-state index in [2.05, 4.69) is 5.32 Å². The lowest BCUT2D eigenvalue weighted by Crippen LogP contribution is -2.48. The summed E-state index contributed by atoms with van der Waals surface area (Å²) in [7, 11) is 0. The highest BCUT2D eigenvalue weighted by Crippen LogP contribution is 2.23. The number of hydrogen-bond acceptors (Lipinski definition) is 5. The van der Waals surface area contributed by atoms with Crippen LogP contribution >= 0.6 is 0 Å². The normalized spacial score (nSPS) is 13.8. The minimum atomic E-state index is -0.942. The quantitative estimate of drug-likeness (QED) is 0.389. The van der Waals surface area contributed by atoms with Crippen molar-refractivity contribution in [2.75, 3.05) is 13.2 Å². The van der Waals surface area contributed by atoms with Gasteiger partial charge in [0, 0.05) is 18.5 Å². The molecule has 2 aromatic rings. The SMILES string of the molecule is CCOC(=O)[C@H](Cc1ccccc1)C(NCCC(=O)O)[C@H](C=O)Cc1ccccc1. The molecule has 2 N–H and O–H groups in total. The van der Waals surface area contributed by atoms with Crippen LogP contribution < -0.4 is 5.32 Å². The van der Waals surface area contributed by atoms with Crippen LogP contribution in [-0.4, -0.2) is 42.5 Å². The average molecular weight is 411 g/mol. The fraction of sp³-hybridized carbons (Fsp3) is 0.375. The molecule has 2 rings (SSSR count). The van der Waals surface area contributed by atoms with Crippen LogP contribution in [0, 0.1) is 11.8 Å². The molecule has 0 aromatic heterocycles. The molecule has 0 heterocycles. The van der Waals surface area contributed by atoms with Crippen LogP contribution in [0.3, 0.4) is 0 Å². The number of carboxylic acid groups (broad SMARTS) is 1. The first kappa shape index (κ1) is 23.3. The van der Waals surface area contributed by atoms with Crippen molar-refractivity contribution in [2.24, 2.45) is 11.8 Å². The molecule has 160 valence electrons. The molecular formula is C24H29NO5. The molecule has 2 aromatic carbocycles. The standard InChI is InChI=1S/C24H29NO5/c1-2-30-24(29)21(16-19-11-7-4-8-12-19)23(25-14-13-22(27)28)20(17-26)15-18-9-5-3-6-10-18/h3-12,17,20-21,23,25H,2,13-16H2,1H3,(H,27,28)/t20-,21+,23?/m0/s1. The third-order valence-electron chi connectivity index (χ3n) is 4.99. The van der Waals surface area contributed by atoms with E-state index >= 15 is 0 Å².